The number of aromatic amines is 1. The summed E-state index contributed by atoms with van der Waals surface area (Å²) in [4.78, 5) is 9.79. The molecule has 3 aromatic heterocycles. The number of H-pyrrole nitrogens is 1. The number of nitrogens with one attached hydrogen (secondary N) is 1. The van der Waals surface area contributed by atoms with Crippen LogP contribution in [0.2, 0.25) is 0 Å². The predicted molar refractivity (Wildman–Crippen MR) is 87.0 cm³/mol. The van der Waals surface area contributed by atoms with Crippen LogP contribution in [0.5, 0.6) is 0 Å². The number of piperidine rings is 1. The molecule has 1 N–H and O–H groups in total. The van der Waals surface area contributed by atoms with Gasteiger partial charge in [0.25, 0.3) is 0 Å². The van der Waals surface area contributed by atoms with E-state index < -0.39 is 0 Å². The number of fused-ring (bicyclic) bond motifs is 1. The highest BCUT2D eigenvalue weighted by molar-refractivity contribution is 5.80. The Morgan fingerprint density at radius 1 is 1.30 bits per heavy atom. The van der Waals surface area contributed by atoms with Crippen molar-refractivity contribution in [2.24, 2.45) is 0 Å². The van der Waals surface area contributed by atoms with E-state index in [9.17, 15) is 5.26 Å². The first kappa shape index (κ1) is 13.7. The summed E-state index contributed by atoms with van der Waals surface area (Å²) in [5.41, 5.74) is 2.80. The minimum absolute atomic E-state index is 0.398. The average Bonchev–Trinajstić information content (AvgIpc) is 3.06. The fourth-order valence-corrected chi connectivity index (χ4v) is 3.38. The molecule has 1 fully saturated rings. The lowest BCUT2D eigenvalue weighted by Crippen LogP contribution is -2.35. The monoisotopic (exact) mass is 304 g/mol. The van der Waals surface area contributed by atoms with Crippen LogP contribution < -0.4 is 4.90 Å². The van der Waals surface area contributed by atoms with Gasteiger partial charge in [0.15, 0.2) is 5.82 Å². The summed E-state index contributed by atoms with van der Waals surface area (Å²) < 4.78 is 0. The van der Waals surface area contributed by atoms with E-state index >= 15 is 0 Å². The van der Waals surface area contributed by atoms with Crippen molar-refractivity contribution in [2.45, 2.75) is 18.8 Å². The van der Waals surface area contributed by atoms with Crippen LogP contribution in [0.4, 0.5) is 5.82 Å². The van der Waals surface area contributed by atoms with Gasteiger partial charge in [0.05, 0.1) is 11.8 Å². The third-order valence-electron chi connectivity index (χ3n) is 4.47. The Labute approximate surface area is 133 Å². The quantitative estimate of drug-likeness (QED) is 0.787. The molecule has 23 heavy (non-hydrogen) atoms. The van der Waals surface area contributed by atoms with Gasteiger partial charge < -0.3 is 9.88 Å². The van der Waals surface area contributed by atoms with Crippen LogP contribution in [-0.4, -0.2) is 33.3 Å². The van der Waals surface area contributed by atoms with Gasteiger partial charge >= 0.3 is 0 Å². The zero-order chi connectivity index (χ0) is 15.6. The molecule has 0 aromatic carbocycles. The molecule has 0 saturated carbocycles. The second kappa shape index (κ2) is 5.69. The zero-order valence-corrected chi connectivity index (χ0v) is 12.6. The van der Waals surface area contributed by atoms with Crippen molar-refractivity contribution < 1.29 is 0 Å². The van der Waals surface area contributed by atoms with Gasteiger partial charge in [-0.3, -0.25) is 0 Å². The maximum atomic E-state index is 9.28. The van der Waals surface area contributed by atoms with Crippen molar-refractivity contribution in [3.05, 3.63) is 47.9 Å². The Bertz CT molecular complexity index is 878. The largest absolute Gasteiger partial charge is 0.353 e. The molecule has 3 aromatic rings. The number of pyridine rings is 1. The van der Waals surface area contributed by atoms with Crippen LogP contribution >= 0.6 is 0 Å². The predicted octanol–water partition coefficient (Wildman–Crippen LogP) is 2.61. The van der Waals surface area contributed by atoms with Crippen molar-refractivity contribution in [2.75, 3.05) is 18.0 Å². The molecule has 0 aliphatic carbocycles. The molecule has 1 unspecified atom stereocenters. The van der Waals surface area contributed by atoms with Gasteiger partial charge in [-0.2, -0.15) is 10.4 Å². The number of rotatable bonds is 2. The number of nitrogens with zero attached hydrogens (tertiary/aromatic N) is 5. The first-order valence-corrected chi connectivity index (χ1v) is 7.75. The number of aromatic nitrogens is 4. The second-order valence-corrected chi connectivity index (χ2v) is 5.81. The molecule has 0 amide bonds. The van der Waals surface area contributed by atoms with Crippen molar-refractivity contribution in [1.29, 1.82) is 5.26 Å². The summed E-state index contributed by atoms with van der Waals surface area (Å²) in [5, 5.41) is 18.6. The molecule has 6 heteroatoms. The van der Waals surface area contributed by atoms with E-state index in [0.717, 1.165) is 31.6 Å². The molecule has 4 heterocycles. The maximum absolute atomic E-state index is 9.28. The highest BCUT2D eigenvalue weighted by Gasteiger charge is 2.26. The van der Waals surface area contributed by atoms with E-state index in [-0.39, 0.29) is 0 Å². The highest BCUT2D eigenvalue weighted by atomic mass is 15.3. The molecule has 1 atom stereocenters. The second-order valence-electron chi connectivity index (χ2n) is 5.81. The van der Waals surface area contributed by atoms with E-state index in [1.165, 1.54) is 10.9 Å². The molecule has 0 spiro atoms. The Morgan fingerprint density at radius 3 is 3.17 bits per heavy atom. The van der Waals surface area contributed by atoms with Gasteiger partial charge in [0.2, 0.25) is 0 Å². The van der Waals surface area contributed by atoms with Gasteiger partial charge in [-0.25, -0.2) is 4.98 Å². The van der Waals surface area contributed by atoms with Crippen molar-refractivity contribution in [3.8, 4) is 6.07 Å². The molecule has 6 nitrogen and oxygen atoms in total. The van der Waals surface area contributed by atoms with E-state index in [0.29, 0.717) is 17.3 Å². The minimum Gasteiger partial charge on any atom is -0.353 e. The summed E-state index contributed by atoms with van der Waals surface area (Å²) in [6.45, 7) is 1.75. The van der Waals surface area contributed by atoms with Crippen LogP contribution in [0.1, 0.15) is 29.9 Å². The Hall–Kier alpha value is -2.94. The van der Waals surface area contributed by atoms with Crippen LogP contribution in [0.3, 0.4) is 0 Å². The first-order chi connectivity index (χ1) is 11.4. The molecule has 0 radical (unpaired) electrons. The van der Waals surface area contributed by atoms with Gasteiger partial charge in [-0.05, 0) is 36.6 Å². The van der Waals surface area contributed by atoms with Gasteiger partial charge in [-0.1, -0.05) is 0 Å². The van der Waals surface area contributed by atoms with Crippen LogP contribution in [0.25, 0.3) is 11.0 Å². The Morgan fingerprint density at radius 2 is 2.26 bits per heavy atom. The topological polar surface area (TPSA) is 81.5 Å². The summed E-state index contributed by atoms with van der Waals surface area (Å²) >= 11 is 0. The molecule has 114 valence electrons. The van der Waals surface area contributed by atoms with E-state index in [1.807, 2.05) is 6.07 Å². The fourth-order valence-electron chi connectivity index (χ4n) is 3.38. The molecule has 1 aliphatic rings. The van der Waals surface area contributed by atoms with Crippen molar-refractivity contribution in [1.82, 2.24) is 20.2 Å². The van der Waals surface area contributed by atoms with Gasteiger partial charge in [0, 0.05) is 36.8 Å². The first-order valence-electron chi connectivity index (χ1n) is 7.75. The summed E-state index contributed by atoms with van der Waals surface area (Å²) in [6.07, 6.45) is 7.62. The van der Waals surface area contributed by atoms with E-state index in [2.05, 4.69) is 43.4 Å². The molecular formula is C17H16N6. The van der Waals surface area contributed by atoms with E-state index in [4.69, 9.17) is 0 Å². The van der Waals surface area contributed by atoms with Crippen molar-refractivity contribution in [3.63, 3.8) is 0 Å². The van der Waals surface area contributed by atoms with Gasteiger partial charge in [0.1, 0.15) is 11.7 Å². The minimum atomic E-state index is 0.398. The fraction of sp³-hybridized carbons (Fsp3) is 0.294. The van der Waals surface area contributed by atoms with Crippen molar-refractivity contribution >= 4 is 16.9 Å². The molecule has 4 rings (SSSR count). The third-order valence-corrected chi connectivity index (χ3v) is 4.47. The summed E-state index contributed by atoms with van der Waals surface area (Å²) in [7, 11) is 0. The third kappa shape index (κ3) is 2.40. The number of anilines is 1. The van der Waals surface area contributed by atoms with E-state index in [1.54, 1.807) is 18.5 Å². The maximum Gasteiger partial charge on any atom is 0.169 e. The lowest BCUT2D eigenvalue weighted by molar-refractivity contribution is 0.507. The average molecular weight is 304 g/mol. The number of hydrogen-bond acceptors (Lipinski definition) is 5. The summed E-state index contributed by atoms with van der Waals surface area (Å²) in [5.74, 6) is 1.09. The highest BCUT2D eigenvalue weighted by Crippen LogP contribution is 2.33. The molecule has 1 saturated heterocycles. The smallest absolute Gasteiger partial charge is 0.169 e. The van der Waals surface area contributed by atoms with Gasteiger partial charge in [-0.15, -0.1) is 5.10 Å². The SMILES string of the molecule is N#Cc1ccnnc1N1CCCC(c2c[nH]c3ncccc23)C1. The molecule has 1 aliphatic heterocycles. The lowest BCUT2D eigenvalue weighted by atomic mass is 9.90. The summed E-state index contributed by atoms with van der Waals surface area (Å²) in [6, 6.07) is 8.01. The van der Waals surface area contributed by atoms with Crippen LogP contribution in [0, 0.1) is 11.3 Å². The standard InChI is InChI=1S/C17H16N6/c18-9-12-5-7-21-22-17(12)23-8-2-3-13(11-23)15-10-20-16-14(15)4-1-6-19-16/h1,4-7,10,13H,2-3,8,11H2,(H,19,20). The van der Waals surface area contributed by atoms with Crippen LogP contribution in [0.15, 0.2) is 36.8 Å². The molecular weight excluding hydrogens is 288 g/mol. The zero-order valence-electron chi connectivity index (χ0n) is 12.6. The lowest BCUT2D eigenvalue weighted by Gasteiger charge is -2.33. The molecule has 0 bridgehead atoms. The van der Waals surface area contributed by atoms with Crippen LogP contribution in [-0.2, 0) is 0 Å². The Balaban J connectivity index is 1.66. The number of hydrogen-bond donors (Lipinski definition) is 1. The normalized spacial score (nSPS) is 18.0. The number of nitriles is 1. The Kier molecular flexibility index (Phi) is 3.39.